The number of carbonyl (C=O) groups is 1. The molecule has 0 atom stereocenters. The Balaban J connectivity index is 2.34. The van der Waals surface area contributed by atoms with Gasteiger partial charge < -0.3 is 10.2 Å². The second-order valence-corrected chi connectivity index (χ2v) is 4.05. The van der Waals surface area contributed by atoms with Crippen LogP contribution in [-0.4, -0.2) is 35.8 Å². The van der Waals surface area contributed by atoms with Crippen molar-refractivity contribution in [1.82, 2.24) is 10.2 Å². The number of hydrogen-bond acceptors (Lipinski definition) is 2. The summed E-state index contributed by atoms with van der Waals surface area (Å²) in [6.07, 6.45) is 2.99. The van der Waals surface area contributed by atoms with Gasteiger partial charge in [-0.05, 0) is 26.7 Å². The van der Waals surface area contributed by atoms with Crippen LogP contribution < -0.4 is 5.32 Å². The number of hydrogen-bond donors (Lipinski definition) is 2. The van der Waals surface area contributed by atoms with Crippen LogP contribution in [0.5, 0.6) is 0 Å². The molecule has 0 aromatic heterocycles. The summed E-state index contributed by atoms with van der Waals surface area (Å²) in [6, 6.07) is 0.182. The fourth-order valence-corrected chi connectivity index (χ4v) is 1.60. The van der Waals surface area contributed by atoms with E-state index in [1.165, 1.54) is 0 Å². The lowest BCUT2D eigenvalue weighted by Crippen LogP contribution is -2.44. The average Bonchev–Trinajstić information content (AvgIpc) is 2.07. The molecule has 1 heterocycles. The van der Waals surface area contributed by atoms with E-state index in [-0.39, 0.29) is 11.9 Å². The summed E-state index contributed by atoms with van der Waals surface area (Å²) in [5, 5.41) is 10.5. The van der Waals surface area contributed by atoms with Crippen LogP contribution in [0, 0.1) is 5.41 Å². The summed E-state index contributed by atoms with van der Waals surface area (Å²) in [6.45, 7) is 5.08. The molecule has 4 heteroatoms. The van der Waals surface area contributed by atoms with E-state index in [0.717, 1.165) is 25.8 Å². The Morgan fingerprint density at radius 3 is 2.86 bits per heavy atom. The van der Waals surface area contributed by atoms with Crippen LogP contribution in [0.3, 0.4) is 0 Å². The molecular weight excluding hydrogens is 178 g/mol. The summed E-state index contributed by atoms with van der Waals surface area (Å²) in [7, 11) is 0. The predicted octanol–water partition coefficient (Wildman–Crippen LogP) is 0.974. The number of piperidine rings is 1. The molecule has 0 unspecified atom stereocenters. The first-order chi connectivity index (χ1) is 6.59. The SMILES string of the molecule is CC(C)NC(=O)CN1CCCCC1=N. The summed E-state index contributed by atoms with van der Waals surface area (Å²) in [4.78, 5) is 13.3. The second kappa shape index (κ2) is 4.98. The molecule has 0 spiro atoms. The maximum absolute atomic E-state index is 11.4. The van der Waals surface area contributed by atoms with Crippen molar-refractivity contribution >= 4 is 11.7 Å². The van der Waals surface area contributed by atoms with Gasteiger partial charge in [-0.2, -0.15) is 0 Å². The molecule has 0 saturated carbocycles. The molecule has 1 saturated heterocycles. The number of amides is 1. The van der Waals surface area contributed by atoms with Crippen LogP contribution in [0.2, 0.25) is 0 Å². The van der Waals surface area contributed by atoms with Crippen molar-refractivity contribution in [3.8, 4) is 0 Å². The van der Waals surface area contributed by atoms with Gasteiger partial charge in [-0.25, -0.2) is 0 Å². The molecule has 0 aliphatic carbocycles. The van der Waals surface area contributed by atoms with Gasteiger partial charge in [-0.15, -0.1) is 0 Å². The van der Waals surface area contributed by atoms with E-state index in [0.29, 0.717) is 12.4 Å². The number of likely N-dealkylation sites (tertiary alicyclic amines) is 1. The lowest BCUT2D eigenvalue weighted by Gasteiger charge is -2.28. The highest BCUT2D eigenvalue weighted by Crippen LogP contribution is 2.09. The molecule has 1 fully saturated rings. The van der Waals surface area contributed by atoms with Gasteiger partial charge in [-0.1, -0.05) is 0 Å². The third kappa shape index (κ3) is 3.36. The molecule has 0 radical (unpaired) electrons. The Morgan fingerprint density at radius 1 is 1.57 bits per heavy atom. The second-order valence-electron chi connectivity index (χ2n) is 4.05. The van der Waals surface area contributed by atoms with Crippen molar-refractivity contribution < 1.29 is 4.79 Å². The monoisotopic (exact) mass is 197 g/mol. The predicted molar refractivity (Wildman–Crippen MR) is 56.4 cm³/mol. The van der Waals surface area contributed by atoms with Crippen LogP contribution in [0.25, 0.3) is 0 Å². The van der Waals surface area contributed by atoms with Crippen LogP contribution in [0.1, 0.15) is 33.1 Å². The van der Waals surface area contributed by atoms with Gasteiger partial charge >= 0.3 is 0 Å². The van der Waals surface area contributed by atoms with E-state index < -0.39 is 0 Å². The number of rotatable bonds is 3. The van der Waals surface area contributed by atoms with Gasteiger partial charge in [0, 0.05) is 19.0 Å². The number of amidine groups is 1. The van der Waals surface area contributed by atoms with Crippen molar-refractivity contribution in [3.05, 3.63) is 0 Å². The Hall–Kier alpha value is -1.06. The Labute approximate surface area is 85.2 Å². The Kier molecular flexibility index (Phi) is 3.92. The maximum atomic E-state index is 11.4. The van der Waals surface area contributed by atoms with Gasteiger partial charge in [0.2, 0.25) is 5.91 Å². The molecule has 4 nitrogen and oxygen atoms in total. The van der Waals surface area contributed by atoms with Gasteiger partial charge in [0.15, 0.2) is 0 Å². The van der Waals surface area contributed by atoms with Gasteiger partial charge in [0.1, 0.15) is 0 Å². The quantitative estimate of drug-likeness (QED) is 0.708. The molecule has 0 aromatic rings. The van der Waals surface area contributed by atoms with Crippen molar-refractivity contribution in [2.24, 2.45) is 0 Å². The minimum absolute atomic E-state index is 0.0200. The summed E-state index contributed by atoms with van der Waals surface area (Å²) in [5.41, 5.74) is 0. The highest BCUT2D eigenvalue weighted by Gasteiger charge is 2.17. The van der Waals surface area contributed by atoms with Gasteiger partial charge in [-0.3, -0.25) is 10.2 Å². The van der Waals surface area contributed by atoms with Crippen LogP contribution >= 0.6 is 0 Å². The maximum Gasteiger partial charge on any atom is 0.239 e. The van der Waals surface area contributed by atoms with E-state index in [1.807, 2.05) is 18.7 Å². The molecule has 1 amide bonds. The molecule has 14 heavy (non-hydrogen) atoms. The molecule has 1 rings (SSSR count). The minimum atomic E-state index is 0.0200. The first-order valence-electron chi connectivity index (χ1n) is 5.21. The van der Waals surface area contributed by atoms with Gasteiger partial charge in [0.25, 0.3) is 0 Å². The van der Waals surface area contributed by atoms with E-state index in [9.17, 15) is 4.79 Å². The topological polar surface area (TPSA) is 56.2 Å². The minimum Gasteiger partial charge on any atom is -0.352 e. The molecule has 80 valence electrons. The third-order valence-corrected chi connectivity index (χ3v) is 2.26. The summed E-state index contributed by atoms with van der Waals surface area (Å²) < 4.78 is 0. The largest absolute Gasteiger partial charge is 0.352 e. The highest BCUT2D eigenvalue weighted by molar-refractivity contribution is 5.86. The molecule has 2 N–H and O–H groups in total. The Morgan fingerprint density at radius 2 is 2.29 bits per heavy atom. The first-order valence-corrected chi connectivity index (χ1v) is 5.21. The van der Waals surface area contributed by atoms with E-state index in [1.54, 1.807) is 0 Å². The molecule has 1 aliphatic heterocycles. The molecule has 1 aliphatic rings. The fraction of sp³-hybridized carbons (Fsp3) is 0.800. The van der Waals surface area contributed by atoms with Crippen molar-refractivity contribution in [3.63, 3.8) is 0 Å². The highest BCUT2D eigenvalue weighted by atomic mass is 16.2. The molecule has 0 bridgehead atoms. The Bertz CT molecular complexity index is 225. The number of nitrogens with zero attached hydrogens (tertiary/aromatic N) is 1. The summed E-state index contributed by atoms with van der Waals surface area (Å²) >= 11 is 0. The van der Waals surface area contributed by atoms with Crippen molar-refractivity contribution in [2.45, 2.75) is 39.2 Å². The van der Waals surface area contributed by atoms with Crippen LogP contribution in [-0.2, 0) is 4.79 Å². The third-order valence-electron chi connectivity index (χ3n) is 2.26. The fourth-order valence-electron chi connectivity index (χ4n) is 1.60. The lowest BCUT2D eigenvalue weighted by atomic mass is 10.1. The summed E-state index contributed by atoms with van der Waals surface area (Å²) in [5.74, 6) is 0.627. The first kappa shape index (κ1) is 11.0. The standard InChI is InChI=1S/C10H19N3O/c1-8(2)12-10(14)7-13-6-4-3-5-9(13)11/h8,11H,3-7H2,1-2H3,(H,12,14). The van der Waals surface area contributed by atoms with Crippen LogP contribution in [0.4, 0.5) is 0 Å². The van der Waals surface area contributed by atoms with E-state index in [2.05, 4.69) is 5.32 Å². The van der Waals surface area contributed by atoms with Gasteiger partial charge in [0.05, 0.1) is 12.4 Å². The van der Waals surface area contributed by atoms with Crippen LogP contribution in [0.15, 0.2) is 0 Å². The van der Waals surface area contributed by atoms with E-state index >= 15 is 0 Å². The lowest BCUT2D eigenvalue weighted by molar-refractivity contribution is -0.122. The zero-order valence-corrected chi connectivity index (χ0v) is 8.97. The molecular formula is C10H19N3O. The average molecular weight is 197 g/mol. The smallest absolute Gasteiger partial charge is 0.239 e. The number of nitrogens with one attached hydrogen (secondary N) is 2. The van der Waals surface area contributed by atoms with E-state index in [4.69, 9.17) is 5.41 Å². The molecule has 0 aromatic carbocycles. The van der Waals surface area contributed by atoms with Crippen molar-refractivity contribution in [1.29, 1.82) is 5.41 Å². The number of carbonyl (C=O) groups excluding carboxylic acids is 1. The zero-order valence-electron chi connectivity index (χ0n) is 8.97. The normalized spacial score (nSPS) is 17.4. The zero-order chi connectivity index (χ0) is 10.6. The van der Waals surface area contributed by atoms with Crippen molar-refractivity contribution in [2.75, 3.05) is 13.1 Å².